The Bertz CT molecular complexity index is 328. The summed E-state index contributed by atoms with van der Waals surface area (Å²) in [4.78, 5) is 14.2. The van der Waals surface area contributed by atoms with E-state index in [0.717, 1.165) is 0 Å². The summed E-state index contributed by atoms with van der Waals surface area (Å²) < 4.78 is 13.3. The fourth-order valence-corrected chi connectivity index (χ4v) is 1.07. The van der Waals surface area contributed by atoms with Gasteiger partial charge in [-0.15, -0.1) is 0 Å². The summed E-state index contributed by atoms with van der Waals surface area (Å²) in [5.41, 5.74) is 0.328. The molecule has 13 heavy (non-hydrogen) atoms. The number of nitrogens with zero attached hydrogens (tertiary/aromatic N) is 1. The molecule has 1 aromatic heterocycles. The third-order valence-electron chi connectivity index (χ3n) is 1.71. The largest absolute Gasteiger partial charge is 0.298 e. The molecule has 0 bridgehead atoms. The highest BCUT2D eigenvalue weighted by molar-refractivity contribution is 5.74. The third kappa shape index (κ3) is 2.11. The average Bonchev–Trinajstić information content (AvgIpc) is 2.01. The van der Waals surface area contributed by atoms with Crippen LogP contribution in [-0.2, 0) is 5.41 Å². The number of rotatable bonds is 1. The second kappa shape index (κ2) is 3.24. The summed E-state index contributed by atoms with van der Waals surface area (Å²) in [6, 6.07) is 1.21. The van der Waals surface area contributed by atoms with Crippen molar-refractivity contribution in [2.75, 3.05) is 0 Å². The Morgan fingerprint density at radius 2 is 2.08 bits per heavy atom. The van der Waals surface area contributed by atoms with Crippen molar-refractivity contribution in [2.45, 2.75) is 26.2 Å². The summed E-state index contributed by atoms with van der Waals surface area (Å²) in [6.07, 6.45) is 1.97. The molecular weight excluding hydrogens is 169 g/mol. The molecule has 0 saturated heterocycles. The predicted octanol–water partition coefficient (Wildman–Crippen LogP) is 2.33. The van der Waals surface area contributed by atoms with E-state index in [9.17, 15) is 9.18 Å². The Morgan fingerprint density at radius 1 is 1.46 bits per heavy atom. The Kier molecular flexibility index (Phi) is 2.45. The van der Waals surface area contributed by atoms with Crippen LogP contribution >= 0.6 is 0 Å². The first-order valence-corrected chi connectivity index (χ1v) is 4.06. The van der Waals surface area contributed by atoms with Gasteiger partial charge in [-0.1, -0.05) is 20.8 Å². The molecule has 0 spiro atoms. The summed E-state index contributed by atoms with van der Waals surface area (Å²) in [5.74, 6) is -0.419. The first kappa shape index (κ1) is 9.84. The van der Waals surface area contributed by atoms with E-state index in [0.29, 0.717) is 12.0 Å². The lowest BCUT2D eigenvalue weighted by atomic mass is 9.91. The molecule has 0 atom stereocenters. The van der Waals surface area contributed by atoms with Crippen LogP contribution in [0, 0.1) is 5.82 Å². The van der Waals surface area contributed by atoms with Crippen LogP contribution in [0.5, 0.6) is 0 Å². The maximum absolute atomic E-state index is 13.3. The zero-order chi connectivity index (χ0) is 10.1. The molecule has 0 aliphatic carbocycles. The highest BCUT2D eigenvalue weighted by atomic mass is 19.1. The first-order chi connectivity index (χ1) is 5.95. The zero-order valence-electron chi connectivity index (χ0n) is 7.97. The average molecular weight is 181 g/mol. The SMILES string of the molecule is CC(C)(C)c1ncc(C=O)cc1F. The normalized spacial score (nSPS) is 11.4. The summed E-state index contributed by atoms with van der Waals surface area (Å²) >= 11 is 0. The van der Waals surface area contributed by atoms with Gasteiger partial charge >= 0.3 is 0 Å². The summed E-state index contributed by atoms with van der Waals surface area (Å²) in [7, 11) is 0. The van der Waals surface area contributed by atoms with Gasteiger partial charge in [-0.2, -0.15) is 0 Å². The quantitative estimate of drug-likeness (QED) is 0.622. The van der Waals surface area contributed by atoms with Crippen LogP contribution in [0.15, 0.2) is 12.3 Å². The van der Waals surface area contributed by atoms with Crippen LogP contribution in [0.2, 0.25) is 0 Å². The predicted molar refractivity (Wildman–Crippen MR) is 48.3 cm³/mol. The van der Waals surface area contributed by atoms with Gasteiger partial charge in [-0.3, -0.25) is 9.78 Å². The maximum Gasteiger partial charge on any atom is 0.151 e. The standard InChI is InChI=1S/C10H12FNO/c1-10(2,3)9-8(11)4-7(6-13)5-12-9/h4-6H,1-3H3. The van der Waals surface area contributed by atoms with Gasteiger partial charge in [0.05, 0.1) is 5.69 Å². The van der Waals surface area contributed by atoms with Gasteiger partial charge in [0.2, 0.25) is 0 Å². The van der Waals surface area contributed by atoms with E-state index in [4.69, 9.17) is 0 Å². The molecule has 0 saturated carbocycles. The maximum atomic E-state index is 13.3. The molecule has 0 unspecified atom stereocenters. The molecule has 0 aliphatic rings. The second-order valence-electron chi connectivity index (χ2n) is 3.97. The van der Waals surface area contributed by atoms with Crippen LogP contribution in [0.3, 0.4) is 0 Å². The van der Waals surface area contributed by atoms with Crippen molar-refractivity contribution in [3.8, 4) is 0 Å². The van der Waals surface area contributed by atoms with Gasteiger partial charge in [0.1, 0.15) is 5.82 Å². The van der Waals surface area contributed by atoms with E-state index in [1.54, 1.807) is 0 Å². The van der Waals surface area contributed by atoms with Crippen molar-refractivity contribution < 1.29 is 9.18 Å². The number of hydrogen-bond acceptors (Lipinski definition) is 2. The number of hydrogen-bond donors (Lipinski definition) is 0. The molecule has 0 aliphatic heterocycles. The Labute approximate surface area is 76.8 Å². The van der Waals surface area contributed by atoms with Crippen molar-refractivity contribution >= 4 is 6.29 Å². The lowest BCUT2D eigenvalue weighted by Crippen LogP contribution is -2.16. The molecule has 0 amide bonds. The van der Waals surface area contributed by atoms with E-state index in [2.05, 4.69) is 4.98 Å². The molecule has 0 N–H and O–H groups in total. The van der Waals surface area contributed by atoms with Crippen molar-refractivity contribution in [1.29, 1.82) is 0 Å². The first-order valence-electron chi connectivity index (χ1n) is 4.06. The molecule has 1 heterocycles. The third-order valence-corrected chi connectivity index (χ3v) is 1.71. The molecule has 2 nitrogen and oxygen atoms in total. The highest BCUT2D eigenvalue weighted by Gasteiger charge is 2.19. The van der Waals surface area contributed by atoms with E-state index in [1.807, 2.05) is 20.8 Å². The van der Waals surface area contributed by atoms with E-state index in [-0.39, 0.29) is 11.0 Å². The smallest absolute Gasteiger partial charge is 0.151 e. The topological polar surface area (TPSA) is 30.0 Å². The van der Waals surface area contributed by atoms with Crippen molar-refractivity contribution in [3.05, 3.63) is 29.3 Å². The Balaban J connectivity index is 3.20. The number of halogens is 1. The number of aromatic nitrogens is 1. The molecule has 0 fully saturated rings. The van der Waals surface area contributed by atoms with Crippen LogP contribution < -0.4 is 0 Å². The number of aldehydes is 1. The van der Waals surface area contributed by atoms with Crippen LogP contribution in [0.4, 0.5) is 4.39 Å². The van der Waals surface area contributed by atoms with Gasteiger partial charge in [-0.05, 0) is 6.07 Å². The zero-order valence-corrected chi connectivity index (χ0v) is 7.97. The molecule has 1 aromatic rings. The van der Waals surface area contributed by atoms with Crippen LogP contribution in [0.1, 0.15) is 36.8 Å². The fourth-order valence-electron chi connectivity index (χ4n) is 1.07. The van der Waals surface area contributed by atoms with Crippen molar-refractivity contribution in [1.82, 2.24) is 4.98 Å². The molecule has 0 radical (unpaired) electrons. The molecular formula is C10H12FNO. The second-order valence-corrected chi connectivity index (χ2v) is 3.97. The minimum absolute atomic E-state index is 0.269. The van der Waals surface area contributed by atoms with E-state index >= 15 is 0 Å². The van der Waals surface area contributed by atoms with Crippen molar-refractivity contribution in [2.24, 2.45) is 0 Å². The molecule has 1 rings (SSSR count). The highest BCUT2D eigenvalue weighted by Crippen LogP contribution is 2.22. The number of carbonyl (C=O) groups is 1. The molecule has 70 valence electrons. The molecule has 3 heteroatoms. The van der Waals surface area contributed by atoms with Crippen LogP contribution in [-0.4, -0.2) is 11.3 Å². The lowest BCUT2D eigenvalue weighted by molar-refractivity contribution is 0.112. The molecule has 0 aromatic carbocycles. The summed E-state index contributed by atoms with van der Waals surface area (Å²) in [5, 5.41) is 0. The van der Waals surface area contributed by atoms with Gasteiger partial charge in [0, 0.05) is 17.2 Å². The Morgan fingerprint density at radius 3 is 2.46 bits per heavy atom. The van der Waals surface area contributed by atoms with Gasteiger partial charge in [0.25, 0.3) is 0 Å². The minimum Gasteiger partial charge on any atom is -0.298 e. The van der Waals surface area contributed by atoms with Crippen LogP contribution in [0.25, 0.3) is 0 Å². The van der Waals surface area contributed by atoms with Crippen molar-refractivity contribution in [3.63, 3.8) is 0 Å². The fraction of sp³-hybridized carbons (Fsp3) is 0.400. The van der Waals surface area contributed by atoms with E-state index < -0.39 is 5.82 Å². The Hall–Kier alpha value is -1.25. The summed E-state index contributed by atoms with van der Waals surface area (Å²) in [6.45, 7) is 5.62. The number of carbonyl (C=O) groups excluding carboxylic acids is 1. The minimum atomic E-state index is -0.419. The lowest BCUT2D eigenvalue weighted by Gasteiger charge is -2.17. The number of pyridine rings is 1. The van der Waals surface area contributed by atoms with Gasteiger partial charge in [0.15, 0.2) is 6.29 Å². The van der Waals surface area contributed by atoms with Gasteiger partial charge < -0.3 is 0 Å². The van der Waals surface area contributed by atoms with Gasteiger partial charge in [-0.25, -0.2) is 4.39 Å². The van der Waals surface area contributed by atoms with E-state index in [1.165, 1.54) is 12.3 Å². The monoisotopic (exact) mass is 181 g/mol.